The van der Waals surface area contributed by atoms with Crippen LogP contribution in [0.1, 0.15) is 39.7 Å². The molecule has 1 aromatic heterocycles. The molecule has 3 rings (SSSR count). The van der Waals surface area contributed by atoms with Crippen molar-refractivity contribution in [1.29, 1.82) is 0 Å². The fraction of sp³-hybridized carbons (Fsp3) is 0.250. The number of nitrogens with one attached hydrogen (secondary N) is 2. The van der Waals surface area contributed by atoms with Gasteiger partial charge in [-0.3, -0.25) is 10.1 Å². The monoisotopic (exact) mass is 468 g/mol. The second kappa shape index (κ2) is 10.8. The highest BCUT2D eigenvalue weighted by Gasteiger charge is 2.26. The van der Waals surface area contributed by atoms with Crippen molar-refractivity contribution in [2.24, 2.45) is 0 Å². The number of carbonyl (C=O) groups excluding carboxylic acids is 3. The van der Waals surface area contributed by atoms with Gasteiger partial charge in [0.1, 0.15) is 10.7 Å². The van der Waals surface area contributed by atoms with Gasteiger partial charge in [0.2, 0.25) is 0 Å². The Morgan fingerprint density at radius 2 is 1.70 bits per heavy atom. The predicted octanol–water partition coefficient (Wildman–Crippen LogP) is 3.77. The smallest absolute Gasteiger partial charge is 0.343 e. The molecule has 0 fully saturated rings. The molecule has 2 aromatic carbocycles. The van der Waals surface area contributed by atoms with Crippen molar-refractivity contribution >= 4 is 29.5 Å². The van der Waals surface area contributed by atoms with E-state index >= 15 is 0 Å². The van der Waals surface area contributed by atoms with Crippen molar-refractivity contribution in [3.8, 4) is 0 Å². The Morgan fingerprint density at radius 3 is 2.36 bits per heavy atom. The molecule has 8 nitrogen and oxygen atoms in total. The first kappa shape index (κ1) is 24.0. The molecule has 172 valence electrons. The number of amides is 3. The van der Waals surface area contributed by atoms with Gasteiger partial charge in [0.05, 0.1) is 12.2 Å². The van der Waals surface area contributed by atoms with Crippen molar-refractivity contribution in [3.63, 3.8) is 0 Å². The SMILES string of the molecule is Cc1ccc(Cn2nc(C)c(C(=O)OC(C)C(=O)NC(=O)NCc3ccccc3)c2Cl)cc1. The quantitative estimate of drug-likeness (QED) is 0.514. The second-order valence-corrected chi connectivity index (χ2v) is 7.96. The minimum absolute atomic E-state index is 0.0805. The molecule has 33 heavy (non-hydrogen) atoms. The Balaban J connectivity index is 1.57. The molecule has 0 aliphatic carbocycles. The Bertz CT molecular complexity index is 1140. The van der Waals surface area contributed by atoms with Gasteiger partial charge in [0.15, 0.2) is 6.10 Å². The lowest BCUT2D eigenvalue weighted by Crippen LogP contribution is -2.44. The number of esters is 1. The van der Waals surface area contributed by atoms with E-state index < -0.39 is 24.0 Å². The third-order valence-corrected chi connectivity index (χ3v) is 5.29. The molecular formula is C24H25ClN4O4. The fourth-order valence-electron chi connectivity index (χ4n) is 3.07. The first-order valence-electron chi connectivity index (χ1n) is 10.4. The van der Waals surface area contributed by atoms with Crippen molar-refractivity contribution in [2.45, 2.75) is 40.0 Å². The Morgan fingerprint density at radius 1 is 1.03 bits per heavy atom. The minimum atomic E-state index is -1.21. The highest BCUT2D eigenvalue weighted by molar-refractivity contribution is 6.32. The number of carbonyl (C=O) groups is 3. The molecule has 0 saturated heterocycles. The number of imide groups is 1. The van der Waals surface area contributed by atoms with Gasteiger partial charge in [0.25, 0.3) is 5.91 Å². The molecule has 2 N–H and O–H groups in total. The van der Waals surface area contributed by atoms with Crippen molar-refractivity contribution in [3.05, 3.63) is 87.7 Å². The number of aryl methyl sites for hydroxylation is 2. The summed E-state index contributed by atoms with van der Waals surface area (Å²) in [5, 5.41) is 9.17. The van der Waals surface area contributed by atoms with Gasteiger partial charge >= 0.3 is 12.0 Å². The third kappa shape index (κ3) is 6.43. The van der Waals surface area contributed by atoms with E-state index in [4.69, 9.17) is 16.3 Å². The van der Waals surface area contributed by atoms with E-state index in [9.17, 15) is 14.4 Å². The van der Waals surface area contributed by atoms with Gasteiger partial charge < -0.3 is 10.1 Å². The van der Waals surface area contributed by atoms with Crippen LogP contribution in [0.5, 0.6) is 0 Å². The number of ether oxygens (including phenoxy) is 1. The molecular weight excluding hydrogens is 444 g/mol. The van der Waals surface area contributed by atoms with E-state index in [1.54, 1.807) is 6.92 Å². The molecule has 0 aliphatic heterocycles. The number of halogens is 1. The molecule has 1 unspecified atom stereocenters. The molecule has 3 amide bonds. The maximum Gasteiger partial charge on any atom is 0.343 e. The number of hydrogen-bond donors (Lipinski definition) is 2. The zero-order valence-electron chi connectivity index (χ0n) is 18.6. The van der Waals surface area contributed by atoms with Crippen molar-refractivity contribution in [2.75, 3.05) is 0 Å². The van der Waals surface area contributed by atoms with E-state index in [1.165, 1.54) is 11.6 Å². The van der Waals surface area contributed by atoms with E-state index in [2.05, 4.69) is 15.7 Å². The van der Waals surface area contributed by atoms with Gasteiger partial charge in [0, 0.05) is 6.54 Å². The standard InChI is InChI=1S/C24H25ClN4O4/c1-15-9-11-19(12-10-15)14-29-21(25)20(16(2)28-29)23(31)33-17(3)22(30)27-24(32)26-13-18-7-5-4-6-8-18/h4-12,17H,13-14H2,1-3H3,(H2,26,27,30,32). The van der Waals surface area contributed by atoms with Crippen LogP contribution in [0.4, 0.5) is 4.79 Å². The first-order valence-corrected chi connectivity index (χ1v) is 10.7. The highest BCUT2D eigenvalue weighted by Crippen LogP contribution is 2.22. The number of urea groups is 1. The maximum atomic E-state index is 12.7. The van der Waals surface area contributed by atoms with Gasteiger partial charge in [-0.15, -0.1) is 0 Å². The summed E-state index contributed by atoms with van der Waals surface area (Å²) in [7, 11) is 0. The van der Waals surface area contributed by atoms with Gasteiger partial charge in [-0.05, 0) is 31.9 Å². The number of hydrogen-bond acceptors (Lipinski definition) is 5. The van der Waals surface area contributed by atoms with E-state index in [0.717, 1.165) is 16.7 Å². The lowest BCUT2D eigenvalue weighted by molar-refractivity contribution is -0.127. The zero-order valence-corrected chi connectivity index (χ0v) is 19.3. The number of benzene rings is 2. The fourth-order valence-corrected chi connectivity index (χ4v) is 3.38. The van der Waals surface area contributed by atoms with Crippen LogP contribution in [0.25, 0.3) is 0 Å². The summed E-state index contributed by atoms with van der Waals surface area (Å²) in [6, 6.07) is 16.4. The van der Waals surface area contributed by atoms with E-state index in [0.29, 0.717) is 12.2 Å². The van der Waals surface area contributed by atoms with Crippen LogP contribution in [-0.2, 0) is 22.6 Å². The van der Waals surface area contributed by atoms with Crippen molar-refractivity contribution < 1.29 is 19.1 Å². The molecule has 9 heteroatoms. The summed E-state index contributed by atoms with van der Waals surface area (Å²) in [6.07, 6.45) is -1.21. The van der Waals surface area contributed by atoms with Crippen LogP contribution in [0.3, 0.4) is 0 Å². The largest absolute Gasteiger partial charge is 0.449 e. The van der Waals surface area contributed by atoms with Crippen LogP contribution in [0.15, 0.2) is 54.6 Å². The topological polar surface area (TPSA) is 102 Å². The normalized spacial score (nSPS) is 11.5. The van der Waals surface area contributed by atoms with Gasteiger partial charge in [-0.25, -0.2) is 14.3 Å². The Hall–Kier alpha value is -3.65. The van der Waals surface area contributed by atoms with Crippen LogP contribution in [0, 0.1) is 13.8 Å². The van der Waals surface area contributed by atoms with Crippen LogP contribution < -0.4 is 10.6 Å². The van der Waals surface area contributed by atoms with E-state index in [1.807, 2.05) is 61.5 Å². The Kier molecular flexibility index (Phi) is 7.84. The molecule has 1 heterocycles. The summed E-state index contributed by atoms with van der Waals surface area (Å²) in [5.74, 6) is -1.55. The zero-order chi connectivity index (χ0) is 24.0. The summed E-state index contributed by atoms with van der Waals surface area (Å²) >= 11 is 6.39. The third-order valence-electron chi connectivity index (χ3n) is 4.91. The molecule has 0 bridgehead atoms. The average Bonchev–Trinajstić information content (AvgIpc) is 3.07. The Labute approximate surface area is 196 Å². The average molecular weight is 469 g/mol. The van der Waals surface area contributed by atoms with Crippen LogP contribution in [-0.4, -0.2) is 33.8 Å². The molecule has 0 radical (unpaired) electrons. The first-order chi connectivity index (χ1) is 15.7. The van der Waals surface area contributed by atoms with E-state index in [-0.39, 0.29) is 17.3 Å². The summed E-state index contributed by atoms with van der Waals surface area (Å²) in [6.45, 7) is 5.63. The maximum absolute atomic E-state index is 12.7. The van der Waals surface area contributed by atoms with Gasteiger partial charge in [-0.1, -0.05) is 71.8 Å². The summed E-state index contributed by atoms with van der Waals surface area (Å²) in [5.41, 5.74) is 3.44. The molecule has 0 aliphatic rings. The molecule has 3 aromatic rings. The molecule has 0 saturated carbocycles. The summed E-state index contributed by atoms with van der Waals surface area (Å²) < 4.78 is 6.73. The second-order valence-electron chi connectivity index (χ2n) is 7.60. The van der Waals surface area contributed by atoms with Crippen LogP contribution >= 0.6 is 11.6 Å². The molecule has 0 spiro atoms. The lowest BCUT2D eigenvalue weighted by Gasteiger charge is -2.13. The predicted molar refractivity (Wildman–Crippen MR) is 124 cm³/mol. The summed E-state index contributed by atoms with van der Waals surface area (Å²) in [4.78, 5) is 36.9. The number of rotatable bonds is 7. The number of aromatic nitrogens is 2. The highest BCUT2D eigenvalue weighted by atomic mass is 35.5. The molecule has 1 atom stereocenters. The van der Waals surface area contributed by atoms with Crippen LogP contribution in [0.2, 0.25) is 5.15 Å². The lowest BCUT2D eigenvalue weighted by atomic mass is 10.1. The minimum Gasteiger partial charge on any atom is -0.449 e. The van der Waals surface area contributed by atoms with Crippen molar-refractivity contribution in [1.82, 2.24) is 20.4 Å². The van der Waals surface area contributed by atoms with Gasteiger partial charge in [-0.2, -0.15) is 5.10 Å². The number of nitrogens with zero attached hydrogens (tertiary/aromatic N) is 2.